The molecule has 0 aliphatic rings. The van der Waals surface area contributed by atoms with Gasteiger partial charge in [0.15, 0.2) is 11.6 Å². The van der Waals surface area contributed by atoms with Gasteiger partial charge in [-0.2, -0.15) is 13.8 Å². The van der Waals surface area contributed by atoms with Gasteiger partial charge in [-0.15, -0.1) is 0 Å². The number of rotatable bonds is 3. The average Bonchev–Trinajstić information content (AvgIpc) is 2.50. The molecule has 0 bridgehead atoms. The van der Waals surface area contributed by atoms with Crippen molar-refractivity contribution in [3.8, 4) is 5.75 Å². The minimum Gasteiger partial charge on any atom is -0.416 e. The molecule has 0 fully saturated rings. The van der Waals surface area contributed by atoms with Crippen molar-refractivity contribution in [1.29, 1.82) is 0 Å². The van der Waals surface area contributed by atoms with Gasteiger partial charge in [-0.25, -0.2) is 18.4 Å². The summed E-state index contributed by atoms with van der Waals surface area (Å²) < 4.78 is 57.1. The molecule has 0 radical (unpaired) electrons. The highest BCUT2D eigenvalue weighted by molar-refractivity contribution is 5.92. The molecule has 0 aliphatic heterocycles. The summed E-state index contributed by atoms with van der Waals surface area (Å²) in [7, 11) is 0. The predicted molar refractivity (Wildman–Crippen MR) is 65.5 cm³/mol. The highest BCUT2D eigenvalue weighted by Crippen LogP contribution is 2.27. The number of carbonyl (C=O) groups excluding carboxylic acids is 2. The highest BCUT2D eigenvalue weighted by Gasteiger charge is 2.23. The van der Waals surface area contributed by atoms with Crippen LogP contribution in [-0.2, 0) is 4.79 Å². The molecule has 4 nitrogen and oxygen atoms in total. The van der Waals surface area contributed by atoms with E-state index in [1.165, 1.54) is 24.3 Å². The number of isocyanates is 1. The highest BCUT2D eigenvalue weighted by atomic mass is 19.2. The summed E-state index contributed by atoms with van der Waals surface area (Å²) in [6.45, 7) is 0. The number of nitrogens with zero attached hydrogens (tertiary/aromatic N) is 1. The molecule has 0 aliphatic carbocycles. The number of benzene rings is 2. The Hall–Kier alpha value is -2.99. The number of hydrogen-bond acceptors (Lipinski definition) is 4. The third-order valence-electron chi connectivity index (χ3n) is 2.52. The Bertz CT molecular complexity index is 775. The number of hydrogen-bond donors (Lipinski definition) is 0. The molecule has 2 aromatic rings. The summed E-state index contributed by atoms with van der Waals surface area (Å²) in [6.07, 6.45) is 1.24. The van der Waals surface area contributed by atoms with Gasteiger partial charge in [-0.3, -0.25) is 0 Å². The van der Waals surface area contributed by atoms with Crippen molar-refractivity contribution in [2.75, 3.05) is 0 Å². The molecule has 0 aromatic heterocycles. The van der Waals surface area contributed by atoms with Gasteiger partial charge in [-0.1, -0.05) is 6.07 Å². The van der Waals surface area contributed by atoms with Crippen LogP contribution in [0.3, 0.4) is 0 Å². The molecule has 0 unspecified atom stereocenters. The zero-order valence-electron chi connectivity index (χ0n) is 10.6. The van der Waals surface area contributed by atoms with Crippen LogP contribution in [0.2, 0.25) is 0 Å². The lowest BCUT2D eigenvalue weighted by molar-refractivity contribution is 0.0717. The fourth-order valence-corrected chi connectivity index (χ4v) is 1.55. The summed E-state index contributed by atoms with van der Waals surface area (Å²) in [6, 6.07) is 4.91. The van der Waals surface area contributed by atoms with E-state index in [-0.39, 0.29) is 17.3 Å². The summed E-state index contributed by atoms with van der Waals surface area (Å²) in [4.78, 5) is 25.1. The molecule has 22 heavy (non-hydrogen) atoms. The molecular weight excluding hydrogens is 306 g/mol. The second-order valence-corrected chi connectivity index (χ2v) is 3.94. The van der Waals surface area contributed by atoms with Gasteiger partial charge in [-0.05, 0) is 18.2 Å². The Morgan fingerprint density at radius 1 is 1.05 bits per heavy atom. The molecule has 0 atom stereocenters. The number of aliphatic imine (C=N–C) groups is 1. The monoisotopic (exact) mass is 311 g/mol. The number of esters is 1. The van der Waals surface area contributed by atoms with E-state index in [0.29, 0.717) is 0 Å². The van der Waals surface area contributed by atoms with Gasteiger partial charge >= 0.3 is 5.97 Å². The Labute approximate surface area is 120 Å². The lowest BCUT2D eigenvalue weighted by Gasteiger charge is -2.08. The molecule has 0 amide bonds. The van der Waals surface area contributed by atoms with Gasteiger partial charge in [0.2, 0.25) is 23.5 Å². The second-order valence-electron chi connectivity index (χ2n) is 3.94. The van der Waals surface area contributed by atoms with Crippen molar-refractivity contribution in [2.24, 2.45) is 4.99 Å². The van der Waals surface area contributed by atoms with E-state index >= 15 is 0 Å². The Morgan fingerprint density at radius 3 is 2.27 bits per heavy atom. The van der Waals surface area contributed by atoms with Gasteiger partial charge < -0.3 is 4.74 Å². The normalized spacial score (nSPS) is 10.0. The van der Waals surface area contributed by atoms with E-state index in [1.807, 2.05) is 0 Å². The molecule has 2 aromatic carbocycles. The first-order valence-corrected chi connectivity index (χ1v) is 5.67. The number of ether oxygens (including phenoxy) is 1. The van der Waals surface area contributed by atoms with Gasteiger partial charge in [0.25, 0.3) is 0 Å². The predicted octanol–water partition coefficient (Wildman–Crippen LogP) is 3.43. The van der Waals surface area contributed by atoms with Gasteiger partial charge in [0.05, 0.1) is 11.3 Å². The van der Waals surface area contributed by atoms with Crippen LogP contribution in [0.15, 0.2) is 35.3 Å². The van der Waals surface area contributed by atoms with Crippen LogP contribution in [0, 0.1) is 23.3 Å². The quantitative estimate of drug-likeness (QED) is 0.218. The van der Waals surface area contributed by atoms with Crippen LogP contribution in [0.4, 0.5) is 23.2 Å². The van der Waals surface area contributed by atoms with Crippen LogP contribution in [0.25, 0.3) is 0 Å². The van der Waals surface area contributed by atoms with E-state index in [0.717, 1.165) is 6.07 Å². The molecular formula is C14H5F4NO3. The third kappa shape index (κ3) is 3.02. The lowest BCUT2D eigenvalue weighted by Crippen LogP contribution is -2.12. The molecule has 0 saturated carbocycles. The lowest BCUT2D eigenvalue weighted by atomic mass is 10.2. The topological polar surface area (TPSA) is 55.7 Å². The first kappa shape index (κ1) is 15.4. The fourth-order valence-electron chi connectivity index (χ4n) is 1.55. The van der Waals surface area contributed by atoms with Crippen LogP contribution in [0.1, 0.15) is 10.4 Å². The standard InChI is InChI=1S/C14H5F4NO3/c15-9-5-10(16)12(18)13(11(9)17)22-14(21)7-2-1-3-8(4-7)19-6-20/h1-5H. The molecule has 0 N–H and O–H groups in total. The summed E-state index contributed by atoms with van der Waals surface area (Å²) >= 11 is 0. The Kier molecular flexibility index (Phi) is 4.33. The number of halogens is 4. The van der Waals surface area contributed by atoms with Crippen molar-refractivity contribution >= 4 is 17.7 Å². The Balaban J connectivity index is 2.37. The first-order valence-electron chi connectivity index (χ1n) is 5.67. The van der Waals surface area contributed by atoms with Crippen molar-refractivity contribution in [3.63, 3.8) is 0 Å². The van der Waals surface area contributed by atoms with Gasteiger partial charge in [0, 0.05) is 6.07 Å². The van der Waals surface area contributed by atoms with Crippen molar-refractivity contribution in [1.82, 2.24) is 0 Å². The molecule has 0 heterocycles. The molecule has 0 saturated heterocycles. The second kappa shape index (κ2) is 6.19. The van der Waals surface area contributed by atoms with E-state index in [4.69, 9.17) is 0 Å². The minimum atomic E-state index is -1.84. The fraction of sp³-hybridized carbons (Fsp3) is 0. The smallest absolute Gasteiger partial charge is 0.343 e. The molecule has 112 valence electrons. The first-order chi connectivity index (χ1) is 10.4. The van der Waals surface area contributed by atoms with E-state index < -0.39 is 35.0 Å². The maximum absolute atomic E-state index is 13.4. The maximum atomic E-state index is 13.4. The minimum absolute atomic E-state index is 0.0125. The van der Waals surface area contributed by atoms with E-state index in [9.17, 15) is 27.2 Å². The molecule has 0 spiro atoms. The average molecular weight is 311 g/mol. The summed E-state index contributed by atoms with van der Waals surface area (Å²) in [5.41, 5.74) is -0.198. The SMILES string of the molecule is O=C=Nc1cccc(C(=O)Oc2c(F)c(F)cc(F)c2F)c1. The van der Waals surface area contributed by atoms with Crippen molar-refractivity contribution < 1.29 is 31.9 Å². The summed E-state index contributed by atoms with van der Waals surface area (Å²) in [5.74, 6) is -9.87. The maximum Gasteiger partial charge on any atom is 0.343 e. The zero-order valence-corrected chi connectivity index (χ0v) is 10.6. The van der Waals surface area contributed by atoms with Crippen molar-refractivity contribution in [3.05, 3.63) is 59.2 Å². The van der Waals surface area contributed by atoms with Gasteiger partial charge in [0.1, 0.15) is 0 Å². The molecule has 8 heteroatoms. The molecule has 2 rings (SSSR count). The van der Waals surface area contributed by atoms with E-state index in [1.54, 1.807) is 0 Å². The van der Waals surface area contributed by atoms with Crippen molar-refractivity contribution in [2.45, 2.75) is 0 Å². The summed E-state index contributed by atoms with van der Waals surface area (Å²) in [5, 5.41) is 0. The van der Waals surface area contributed by atoms with Crippen LogP contribution < -0.4 is 4.74 Å². The van der Waals surface area contributed by atoms with Crippen LogP contribution in [0.5, 0.6) is 5.75 Å². The number of carbonyl (C=O) groups is 1. The van der Waals surface area contributed by atoms with Crippen LogP contribution in [-0.4, -0.2) is 12.0 Å². The van der Waals surface area contributed by atoms with E-state index in [2.05, 4.69) is 9.73 Å². The largest absolute Gasteiger partial charge is 0.416 e. The Morgan fingerprint density at radius 2 is 1.68 bits per heavy atom. The van der Waals surface area contributed by atoms with Crippen LogP contribution >= 0.6 is 0 Å². The zero-order chi connectivity index (χ0) is 16.3. The third-order valence-corrected chi connectivity index (χ3v) is 2.52.